The van der Waals surface area contributed by atoms with E-state index < -0.39 is 11.9 Å². The van der Waals surface area contributed by atoms with Gasteiger partial charge in [0.25, 0.3) is 17.7 Å². The first-order chi connectivity index (χ1) is 14.0. The maximum atomic E-state index is 12.7. The molecule has 1 aliphatic heterocycles. The Morgan fingerprint density at radius 2 is 1.66 bits per heavy atom. The molecule has 0 saturated carbocycles. The number of aliphatic carboxylic acids is 1. The van der Waals surface area contributed by atoms with Crippen LogP contribution in [0, 0.1) is 0 Å². The Morgan fingerprint density at radius 1 is 0.931 bits per heavy atom. The molecule has 0 spiro atoms. The van der Waals surface area contributed by atoms with Gasteiger partial charge in [-0.05, 0) is 43.0 Å². The van der Waals surface area contributed by atoms with Crippen molar-refractivity contribution in [2.75, 3.05) is 13.1 Å². The summed E-state index contributed by atoms with van der Waals surface area (Å²) in [5.74, 6) is -1.96. The van der Waals surface area contributed by atoms with Gasteiger partial charge >= 0.3 is 5.97 Å². The standard InChI is InChI=1S/C22H22N2O5/c25-19(26)8-4-5-12-23-20(27)16-9-10-17-18(14-16)22(29)24(21(17)28)13-11-15-6-2-1-3-7-15/h1-3,6-7,9-10,14H,4-5,8,11-13H2,(H,23,27)(H,25,26). The van der Waals surface area contributed by atoms with Crippen LogP contribution >= 0.6 is 0 Å². The average Bonchev–Trinajstić information content (AvgIpc) is 2.96. The summed E-state index contributed by atoms with van der Waals surface area (Å²) in [5.41, 5.74) is 1.88. The van der Waals surface area contributed by atoms with Crippen molar-refractivity contribution in [1.82, 2.24) is 10.2 Å². The minimum atomic E-state index is -0.866. The van der Waals surface area contributed by atoms with Crippen molar-refractivity contribution in [3.8, 4) is 0 Å². The summed E-state index contributed by atoms with van der Waals surface area (Å²) in [5, 5.41) is 11.3. The monoisotopic (exact) mass is 394 g/mol. The number of carboxylic acids is 1. The maximum Gasteiger partial charge on any atom is 0.303 e. The van der Waals surface area contributed by atoms with Crippen LogP contribution in [0.25, 0.3) is 0 Å². The SMILES string of the molecule is O=C(O)CCCCNC(=O)c1ccc2c(c1)C(=O)N(CCc1ccccc1)C2=O. The normalized spacial score (nSPS) is 12.8. The molecule has 29 heavy (non-hydrogen) atoms. The van der Waals surface area contributed by atoms with Crippen LogP contribution in [0.1, 0.15) is 55.9 Å². The van der Waals surface area contributed by atoms with E-state index in [2.05, 4.69) is 5.32 Å². The van der Waals surface area contributed by atoms with Gasteiger partial charge in [0.2, 0.25) is 0 Å². The summed E-state index contributed by atoms with van der Waals surface area (Å²) in [6.07, 6.45) is 1.65. The Bertz CT molecular complexity index is 939. The van der Waals surface area contributed by atoms with E-state index in [-0.39, 0.29) is 30.3 Å². The van der Waals surface area contributed by atoms with Crippen molar-refractivity contribution < 1.29 is 24.3 Å². The van der Waals surface area contributed by atoms with Gasteiger partial charge in [-0.25, -0.2) is 0 Å². The van der Waals surface area contributed by atoms with E-state index in [0.717, 1.165) is 5.56 Å². The number of carbonyl (C=O) groups is 4. The van der Waals surface area contributed by atoms with Crippen molar-refractivity contribution in [1.29, 1.82) is 0 Å². The Balaban J connectivity index is 1.61. The van der Waals surface area contributed by atoms with Crippen molar-refractivity contribution in [2.24, 2.45) is 0 Å². The van der Waals surface area contributed by atoms with Crippen LogP contribution in [-0.2, 0) is 11.2 Å². The number of nitrogens with one attached hydrogen (secondary N) is 1. The molecule has 0 aliphatic carbocycles. The fourth-order valence-corrected chi connectivity index (χ4v) is 3.23. The second kappa shape index (κ2) is 9.14. The van der Waals surface area contributed by atoms with E-state index in [1.807, 2.05) is 30.3 Å². The molecule has 2 aromatic rings. The van der Waals surface area contributed by atoms with Crippen LogP contribution in [0.4, 0.5) is 0 Å². The predicted molar refractivity (Wildman–Crippen MR) is 106 cm³/mol. The van der Waals surface area contributed by atoms with Gasteiger partial charge < -0.3 is 10.4 Å². The van der Waals surface area contributed by atoms with Gasteiger partial charge in [-0.2, -0.15) is 0 Å². The topological polar surface area (TPSA) is 104 Å². The number of fused-ring (bicyclic) bond motifs is 1. The van der Waals surface area contributed by atoms with Crippen LogP contribution in [0.15, 0.2) is 48.5 Å². The van der Waals surface area contributed by atoms with Crippen molar-refractivity contribution >= 4 is 23.7 Å². The molecule has 2 aromatic carbocycles. The van der Waals surface area contributed by atoms with Crippen molar-refractivity contribution in [3.63, 3.8) is 0 Å². The van der Waals surface area contributed by atoms with Crippen LogP contribution in [0.3, 0.4) is 0 Å². The molecule has 3 rings (SSSR count). The Hall–Kier alpha value is -3.48. The molecule has 0 fully saturated rings. The number of hydrogen-bond acceptors (Lipinski definition) is 4. The van der Waals surface area contributed by atoms with Gasteiger partial charge in [-0.1, -0.05) is 30.3 Å². The summed E-state index contributed by atoms with van der Waals surface area (Å²) in [4.78, 5) is 49.2. The largest absolute Gasteiger partial charge is 0.481 e. The van der Waals surface area contributed by atoms with Crippen LogP contribution in [-0.4, -0.2) is 46.8 Å². The fraction of sp³-hybridized carbons (Fsp3) is 0.273. The summed E-state index contributed by atoms with van der Waals surface area (Å²) in [6.45, 7) is 0.626. The molecular formula is C22H22N2O5. The molecule has 1 aliphatic rings. The number of imide groups is 1. The zero-order chi connectivity index (χ0) is 20.8. The zero-order valence-electron chi connectivity index (χ0n) is 15.9. The van der Waals surface area contributed by atoms with E-state index in [9.17, 15) is 19.2 Å². The van der Waals surface area contributed by atoms with Gasteiger partial charge in [0.1, 0.15) is 0 Å². The highest BCUT2D eigenvalue weighted by Crippen LogP contribution is 2.24. The number of benzene rings is 2. The van der Waals surface area contributed by atoms with Gasteiger partial charge in [0.15, 0.2) is 0 Å². The number of hydrogen-bond donors (Lipinski definition) is 2. The molecule has 7 nitrogen and oxygen atoms in total. The quantitative estimate of drug-likeness (QED) is 0.502. The van der Waals surface area contributed by atoms with Crippen molar-refractivity contribution in [2.45, 2.75) is 25.7 Å². The molecule has 3 amide bonds. The molecule has 7 heteroatoms. The lowest BCUT2D eigenvalue weighted by Gasteiger charge is -2.13. The van der Waals surface area contributed by atoms with Gasteiger partial charge in [-0.3, -0.25) is 24.1 Å². The number of amides is 3. The minimum Gasteiger partial charge on any atom is -0.481 e. The Morgan fingerprint density at radius 3 is 2.38 bits per heavy atom. The lowest BCUT2D eigenvalue weighted by atomic mass is 10.1. The summed E-state index contributed by atoms with van der Waals surface area (Å²) in [7, 11) is 0. The van der Waals surface area contributed by atoms with E-state index in [0.29, 0.717) is 36.9 Å². The van der Waals surface area contributed by atoms with Crippen LogP contribution in [0.5, 0.6) is 0 Å². The van der Waals surface area contributed by atoms with Crippen LogP contribution in [0.2, 0.25) is 0 Å². The highest BCUT2D eigenvalue weighted by molar-refractivity contribution is 6.22. The summed E-state index contributed by atoms with van der Waals surface area (Å²) >= 11 is 0. The maximum absolute atomic E-state index is 12.7. The first-order valence-corrected chi connectivity index (χ1v) is 9.51. The van der Waals surface area contributed by atoms with Gasteiger partial charge in [-0.15, -0.1) is 0 Å². The molecule has 0 saturated heterocycles. The number of nitrogens with zero attached hydrogens (tertiary/aromatic N) is 1. The third-order valence-corrected chi connectivity index (χ3v) is 4.80. The van der Waals surface area contributed by atoms with E-state index in [1.165, 1.54) is 23.1 Å². The van der Waals surface area contributed by atoms with Gasteiger partial charge in [0.05, 0.1) is 11.1 Å². The van der Waals surface area contributed by atoms with E-state index in [1.54, 1.807) is 0 Å². The van der Waals surface area contributed by atoms with Gasteiger partial charge in [0, 0.05) is 25.1 Å². The number of carboxylic acid groups (broad SMARTS) is 1. The first-order valence-electron chi connectivity index (χ1n) is 9.51. The van der Waals surface area contributed by atoms with E-state index >= 15 is 0 Å². The number of unbranched alkanes of at least 4 members (excludes halogenated alkanes) is 1. The molecule has 1 heterocycles. The summed E-state index contributed by atoms with van der Waals surface area (Å²) in [6, 6.07) is 14.1. The molecule has 0 aromatic heterocycles. The first kappa shape index (κ1) is 20.3. The molecule has 0 atom stereocenters. The highest BCUT2D eigenvalue weighted by Gasteiger charge is 2.35. The van der Waals surface area contributed by atoms with Crippen LogP contribution < -0.4 is 5.32 Å². The Kier molecular flexibility index (Phi) is 6.39. The summed E-state index contributed by atoms with van der Waals surface area (Å²) < 4.78 is 0. The third kappa shape index (κ3) is 4.87. The number of carbonyl (C=O) groups excluding carboxylic acids is 3. The molecular weight excluding hydrogens is 372 g/mol. The molecule has 2 N–H and O–H groups in total. The van der Waals surface area contributed by atoms with Crippen molar-refractivity contribution in [3.05, 3.63) is 70.8 Å². The fourth-order valence-electron chi connectivity index (χ4n) is 3.23. The number of rotatable bonds is 9. The zero-order valence-corrected chi connectivity index (χ0v) is 15.9. The Labute approximate surface area is 168 Å². The third-order valence-electron chi connectivity index (χ3n) is 4.80. The minimum absolute atomic E-state index is 0.0597. The molecule has 0 radical (unpaired) electrons. The molecule has 0 unspecified atom stereocenters. The molecule has 0 bridgehead atoms. The average molecular weight is 394 g/mol. The molecule has 150 valence electrons. The smallest absolute Gasteiger partial charge is 0.303 e. The lowest BCUT2D eigenvalue weighted by Crippen LogP contribution is -2.31. The predicted octanol–water partition coefficient (Wildman–Crippen LogP) is 2.51. The second-order valence-corrected chi connectivity index (χ2v) is 6.86. The highest BCUT2D eigenvalue weighted by atomic mass is 16.4. The van der Waals surface area contributed by atoms with E-state index in [4.69, 9.17) is 5.11 Å². The second-order valence-electron chi connectivity index (χ2n) is 6.86. The lowest BCUT2D eigenvalue weighted by molar-refractivity contribution is -0.137.